The zero-order chi connectivity index (χ0) is 49.3. The van der Waals surface area contributed by atoms with Gasteiger partial charge in [-0.15, -0.1) is 0 Å². The molecule has 0 bridgehead atoms. The summed E-state index contributed by atoms with van der Waals surface area (Å²) < 4.78 is 60.6. The molecule has 0 unspecified atom stereocenters. The van der Waals surface area contributed by atoms with E-state index in [2.05, 4.69) is 0 Å². The van der Waals surface area contributed by atoms with E-state index in [1.165, 1.54) is 0 Å². The highest BCUT2D eigenvalue weighted by molar-refractivity contribution is 4.99. The summed E-state index contributed by atoms with van der Waals surface area (Å²) in [4.78, 5) is 0. The van der Waals surface area contributed by atoms with Gasteiger partial charge in [-0.05, 0) is 0 Å². The van der Waals surface area contributed by atoms with Crippen molar-refractivity contribution in [1.29, 1.82) is 0 Å². The summed E-state index contributed by atoms with van der Waals surface area (Å²) in [6, 6.07) is 0. The van der Waals surface area contributed by atoms with Crippen LogP contribution in [0.25, 0.3) is 0 Å². The summed E-state index contributed by atoms with van der Waals surface area (Å²) in [5.74, 6) is 0. The molecule has 6 rings (SSSR count). The largest absolute Gasteiger partial charge is 0.394 e. The molecule has 0 aliphatic carbocycles. The smallest absolute Gasteiger partial charge is 0.189 e. The van der Waals surface area contributed by atoms with E-state index in [9.17, 15) is 102 Å². The van der Waals surface area contributed by atoms with E-state index in [1.54, 1.807) is 0 Å². The molecule has 67 heavy (non-hydrogen) atoms. The van der Waals surface area contributed by atoms with Gasteiger partial charge in [0, 0.05) is 0 Å². The summed E-state index contributed by atoms with van der Waals surface area (Å²) in [6.45, 7) is -5.61. The van der Waals surface area contributed by atoms with Crippen molar-refractivity contribution in [2.24, 2.45) is 0 Å². The van der Waals surface area contributed by atoms with Crippen LogP contribution in [0.1, 0.15) is 0 Å². The summed E-state index contributed by atoms with van der Waals surface area (Å²) in [6.07, 6.45) is -56.4. The van der Waals surface area contributed by atoms with Gasteiger partial charge in [-0.3, -0.25) is 0 Å². The third-order valence-corrected chi connectivity index (χ3v) is 12.4. The van der Waals surface area contributed by atoms with Gasteiger partial charge in [0.05, 0.1) is 39.6 Å². The van der Waals surface area contributed by atoms with Crippen LogP contribution in [-0.2, 0) is 52.1 Å². The Bertz CT molecular complexity index is 1390. The van der Waals surface area contributed by atoms with Crippen molar-refractivity contribution in [1.82, 2.24) is 0 Å². The SMILES string of the molecule is OC[C@H]1O[C@H](O[C@H]2[C@H](O)[C@@H](O)[C@@H](O[C@H]3[C@H](O)[C@@H](O)[C@@H](O[C@H]4O[C@H](CO)[C@@H](O[C@H]5O[C@H](CO)[C@@H](O[C@H]6O[C@H](CO)[C@@H](O)[C@H](O)[C@H]6O)[C@H](O)[C@H]5O)[C@H](O)[C@H]4O)O[C@@H]3CO)O[C@@H]2CO)[C@H](O)[C@@H](O)[C@@H]1O. The third kappa shape index (κ3) is 11.2. The van der Waals surface area contributed by atoms with Crippen molar-refractivity contribution in [3.05, 3.63) is 0 Å². The number of aliphatic hydroxyl groups is 20. The molecule has 0 spiro atoms. The highest BCUT2D eigenvalue weighted by Crippen LogP contribution is 2.36. The summed E-state index contributed by atoms with van der Waals surface area (Å²) in [5, 5.41) is 209. The molecule has 0 saturated carbocycles. The first-order valence-electron chi connectivity index (χ1n) is 21.1. The molecule has 20 N–H and O–H groups in total. The molecule has 0 radical (unpaired) electrons. The Morgan fingerprint density at radius 3 is 0.597 bits per heavy atom. The van der Waals surface area contributed by atoms with Gasteiger partial charge in [0.1, 0.15) is 146 Å². The lowest BCUT2D eigenvalue weighted by molar-refractivity contribution is -0.406. The Hall–Kier alpha value is -1.24. The molecule has 6 heterocycles. The van der Waals surface area contributed by atoms with E-state index in [-0.39, 0.29) is 0 Å². The number of aliphatic hydroxyl groups excluding tert-OH is 20. The van der Waals surface area contributed by atoms with Crippen molar-refractivity contribution in [2.75, 3.05) is 39.6 Å². The average molecular weight is 991 g/mol. The number of hydrogen-bond acceptors (Lipinski definition) is 31. The first kappa shape index (κ1) is 55.1. The zero-order valence-corrected chi connectivity index (χ0v) is 35.0. The van der Waals surface area contributed by atoms with Crippen LogP contribution < -0.4 is 0 Å². The van der Waals surface area contributed by atoms with Crippen molar-refractivity contribution in [2.45, 2.75) is 184 Å². The topological polar surface area (TPSA) is 506 Å². The molecule has 0 aromatic rings. The molecule has 6 aliphatic rings. The van der Waals surface area contributed by atoms with Gasteiger partial charge in [-0.2, -0.15) is 0 Å². The van der Waals surface area contributed by atoms with Gasteiger partial charge in [0.15, 0.2) is 37.7 Å². The first-order chi connectivity index (χ1) is 31.8. The Kier molecular flexibility index (Phi) is 19.4. The maximum atomic E-state index is 11.2. The average Bonchev–Trinajstić information content (AvgIpc) is 3.32. The fourth-order valence-corrected chi connectivity index (χ4v) is 8.44. The van der Waals surface area contributed by atoms with Crippen molar-refractivity contribution in [3.8, 4) is 0 Å². The minimum absolute atomic E-state index is 0.829. The van der Waals surface area contributed by atoms with Gasteiger partial charge in [-0.25, -0.2) is 0 Å². The second-order valence-corrected chi connectivity index (χ2v) is 16.8. The summed E-state index contributed by atoms with van der Waals surface area (Å²) in [5.41, 5.74) is 0. The molecule has 392 valence electrons. The third-order valence-electron chi connectivity index (χ3n) is 12.4. The molecule has 31 nitrogen and oxygen atoms in total. The maximum Gasteiger partial charge on any atom is 0.189 e. The molecule has 0 amide bonds. The molecular weight excluding hydrogens is 928 g/mol. The van der Waals surface area contributed by atoms with Crippen LogP contribution in [0, 0.1) is 0 Å². The van der Waals surface area contributed by atoms with Gasteiger partial charge < -0.3 is 154 Å². The van der Waals surface area contributed by atoms with E-state index in [1.807, 2.05) is 0 Å². The normalized spacial score (nSPS) is 53.4. The van der Waals surface area contributed by atoms with Gasteiger partial charge in [-0.1, -0.05) is 0 Å². The standard InChI is InChI=1S/C36H62O31/c37-1-7-13(43)15(45)21(51)31(57-7)63-27-9(3-39)59-33(23(53)17(27)47)65-29-11(5-41)61-35(25(55)19(29)49)67-36-26(56)20(50)30(12(6-42)62-36)66-34-24(54)18(48)28(10(4-40)60-34)64-32-22(52)16(46)14(44)8(2-38)58-32/h7-56H,1-6H2/t7-,8-,9-,10-,11-,12-,13-,14-,15+,16+,17-,18-,19-,20-,21-,22-,23-,24-,25-,26-,27-,28-,29-,30-,31-,32-,33-,34-,35-,36-/m1/s1. The Labute approximate surface area is 378 Å². The Morgan fingerprint density at radius 1 is 0.209 bits per heavy atom. The van der Waals surface area contributed by atoms with E-state index in [0.717, 1.165) is 0 Å². The number of ether oxygens (including phenoxy) is 11. The Morgan fingerprint density at radius 2 is 0.388 bits per heavy atom. The summed E-state index contributed by atoms with van der Waals surface area (Å²) >= 11 is 0. The predicted molar refractivity (Wildman–Crippen MR) is 199 cm³/mol. The van der Waals surface area contributed by atoms with Crippen molar-refractivity contribution < 1.29 is 154 Å². The molecular formula is C36H62O31. The minimum Gasteiger partial charge on any atom is -0.394 e. The fourth-order valence-electron chi connectivity index (χ4n) is 8.44. The molecule has 6 fully saturated rings. The van der Waals surface area contributed by atoms with E-state index in [4.69, 9.17) is 52.1 Å². The molecule has 6 saturated heterocycles. The van der Waals surface area contributed by atoms with Crippen LogP contribution in [0.2, 0.25) is 0 Å². The van der Waals surface area contributed by atoms with Crippen LogP contribution >= 0.6 is 0 Å². The van der Waals surface area contributed by atoms with Crippen molar-refractivity contribution in [3.63, 3.8) is 0 Å². The highest BCUT2D eigenvalue weighted by Gasteiger charge is 2.57. The second kappa shape index (κ2) is 23.5. The van der Waals surface area contributed by atoms with Crippen LogP contribution in [-0.4, -0.2) is 326 Å². The van der Waals surface area contributed by atoms with Crippen LogP contribution in [0.3, 0.4) is 0 Å². The second-order valence-electron chi connectivity index (χ2n) is 16.8. The van der Waals surface area contributed by atoms with E-state index in [0.29, 0.717) is 0 Å². The highest BCUT2D eigenvalue weighted by atomic mass is 16.8. The van der Waals surface area contributed by atoms with Crippen LogP contribution in [0.4, 0.5) is 0 Å². The number of hydrogen-bond donors (Lipinski definition) is 20. The van der Waals surface area contributed by atoms with Crippen LogP contribution in [0.5, 0.6) is 0 Å². The lowest BCUT2D eigenvalue weighted by Crippen LogP contribution is -2.68. The lowest BCUT2D eigenvalue weighted by atomic mass is 9.95. The van der Waals surface area contributed by atoms with Gasteiger partial charge >= 0.3 is 0 Å². The van der Waals surface area contributed by atoms with Gasteiger partial charge in [0.25, 0.3) is 0 Å². The van der Waals surface area contributed by atoms with E-state index < -0.39 is 224 Å². The van der Waals surface area contributed by atoms with E-state index >= 15 is 0 Å². The van der Waals surface area contributed by atoms with Gasteiger partial charge in [0.2, 0.25) is 0 Å². The quantitative estimate of drug-likeness (QED) is 0.0683. The summed E-state index contributed by atoms with van der Waals surface area (Å²) in [7, 11) is 0. The fraction of sp³-hybridized carbons (Fsp3) is 1.00. The first-order valence-corrected chi connectivity index (χ1v) is 21.1. The van der Waals surface area contributed by atoms with Crippen molar-refractivity contribution >= 4 is 0 Å². The predicted octanol–water partition coefficient (Wildman–Crippen LogP) is -14.1. The lowest BCUT2D eigenvalue weighted by Gasteiger charge is -2.49. The van der Waals surface area contributed by atoms with Crippen LogP contribution in [0.15, 0.2) is 0 Å². The molecule has 0 aromatic heterocycles. The molecule has 0 aromatic carbocycles. The number of rotatable bonds is 16. The molecule has 30 atom stereocenters. The Balaban J connectivity index is 1.06. The monoisotopic (exact) mass is 990 g/mol. The minimum atomic E-state index is -2.18. The zero-order valence-electron chi connectivity index (χ0n) is 35.0. The molecule has 31 heteroatoms. The maximum absolute atomic E-state index is 11.2. The molecule has 6 aliphatic heterocycles.